The number of carbonyl (C=O) groups excluding carboxylic acids is 3. The van der Waals surface area contributed by atoms with E-state index in [1.807, 2.05) is 13.8 Å². The molecule has 0 aliphatic carbocycles. The smallest absolute Gasteiger partial charge is 0.416 e. The number of alkyl halides is 3. The van der Waals surface area contributed by atoms with E-state index in [1.165, 1.54) is 30.6 Å². The molecule has 0 saturated carbocycles. The molecule has 3 amide bonds. The summed E-state index contributed by atoms with van der Waals surface area (Å²) in [6.45, 7) is 4.67. The van der Waals surface area contributed by atoms with Gasteiger partial charge >= 0.3 is 13.7 Å². The lowest BCUT2D eigenvalue weighted by Gasteiger charge is -2.26. The minimum Gasteiger partial charge on any atom is -0.425 e. The third kappa shape index (κ3) is 8.54. The number of nitrogens with two attached hydrogens (primary N) is 3. The summed E-state index contributed by atoms with van der Waals surface area (Å²) in [7, 11) is 1.41. The molecule has 0 aromatic heterocycles. The molecule has 0 saturated heterocycles. The van der Waals surface area contributed by atoms with E-state index in [4.69, 9.17) is 21.9 Å². The van der Waals surface area contributed by atoms with Gasteiger partial charge in [0.15, 0.2) is 0 Å². The van der Waals surface area contributed by atoms with Gasteiger partial charge in [-0.3, -0.25) is 19.6 Å². The van der Waals surface area contributed by atoms with Gasteiger partial charge in [-0.05, 0) is 55.1 Å². The lowest BCUT2D eigenvalue weighted by Crippen LogP contribution is -2.53. The van der Waals surface area contributed by atoms with Crippen molar-refractivity contribution in [3.63, 3.8) is 0 Å². The van der Waals surface area contributed by atoms with Crippen LogP contribution in [0.25, 0.3) is 0 Å². The van der Waals surface area contributed by atoms with Gasteiger partial charge in [0.2, 0.25) is 11.8 Å². The van der Waals surface area contributed by atoms with Gasteiger partial charge in [-0.1, -0.05) is 24.3 Å². The van der Waals surface area contributed by atoms with Crippen molar-refractivity contribution < 1.29 is 37.4 Å². The van der Waals surface area contributed by atoms with Crippen molar-refractivity contribution in [3.05, 3.63) is 59.2 Å². The van der Waals surface area contributed by atoms with Gasteiger partial charge in [0.05, 0.1) is 22.9 Å². The number of rotatable bonds is 13. The highest BCUT2D eigenvalue weighted by Gasteiger charge is 2.37. The first-order chi connectivity index (χ1) is 20.2. The quantitative estimate of drug-likeness (QED) is 0.125. The molecule has 3 rings (SSSR count). The average molecular weight is 605 g/mol. The average Bonchev–Trinajstić information content (AvgIpc) is 3.28. The number of hydrogen-bond acceptors (Lipinski definition) is 8. The molecule has 233 valence electrons. The Morgan fingerprint density at radius 1 is 1.07 bits per heavy atom. The number of carbonyl (C=O) groups is 3. The second-order valence-electron chi connectivity index (χ2n) is 10.7. The first-order valence-corrected chi connectivity index (χ1v) is 13.8. The van der Waals surface area contributed by atoms with Crippen LogP contribution in [0.15, 0.2) is 42.5 Å². The topological polar surface area (TPSA) is 177 Å². The van der Waals surface area contributed by atoms with E-state index in [1.54, 1.807) is 12.1 Å². The Morgan fingerprint density at radius 2 is 1.70 bits per heavy atom. The molecular weight excluding hydrogens is 568 g/mol. The van der Waals surface area contributed by atoms with Crippen LogP contribution >= 0.6 is 0 Å². The van der Waals surface area contributed by atoms with Gasteiger partial charge in [0, 0.05) is 39.0 Å². The van der Waals surface area contributed by atoms with Crippen molar-refractivity contribution >= 4 is 36.4 Å². The summed E-state index contributed by atoms with van der Waals surface area (Å²) in [5, 5.41) is 13.9. The van der Waals surface area contributed by atoms with Crippen LogP contribution in [-0.4, -0.2) is 73.6 Å². The van der Waals surface area contributed by atoms with Crippen molar-refractivity contribution in [3.8, 4) is 0 Å². The third-order valence-electron chi connectivity index (χ3n) is 7.13. The second-order valence-corrected chi connectivity index (χ2v) is 10.7. The number of anilines is 1. The minimum atomic E-state index is -4.56. The van der Waals surface area contributed by atoms with Crippen LogP contribution < -0.4 is 33.0 Å². The standard InChI is InChI=1S/C28H37BF3N6O5/c1-27(2)19-4-3-5-22(24(19)29-43-27)38(42)26(41)21(16-17-6-8-18(9-7-17)28(30,31)32)36-25(40)20(35)10-11-23(39)37(14-12-33)15-13-34/h3-9,20-21,42H,10-16,33-35H2,1-2H3,(H,36,40)/t20-,21+/m0/s1. The summed E-state index contributed by atoms with van der Waals surface area (Å²) in [6.07, 6.45) is -4.96. The van der Waals surface area contributed by atoms with Gasteiger partial charge in [0.1, 0.15) is 6.04 Å². The molecule has 0 bridgehead atoms. The molecule has 11 nitrogen and oxygen atoms in total. The number of amides is 3. The van der Waals surface area contributed by atoms with Gasteiger partial charge in [-0.2, -0.15) is 18.2 Å². The van der Waals surface area contributed by atoms with Crippen LogP contribution in [-0.2, 0) is 37.2 Å². The van der Waals surface area contributed by atoms with Crippen LogP contribution in [0.3, 0.4) is 0 Å². The van der Waals surface area contributed by atoms with E-state index in [-0.39, 0.29) is 62.6 Å². The number of nitrogens with one attached hydrogen (secondary N) is 1. The van der Waals surface area contributed by atoms with E-state index in [2.05, 4.69) is 5.32 Å². The maximum absolute atomic E-state index is 13.6. The monoisotopic (exact) mass is 605 g/mol. The zero-order valence-corrected chi connectivity index (χ0v) is 24.1. The molecular formula is C28H37BF3N6O5. The fourth-order valence-corrected chi connectivity index (χ4v) is 4.71. The molecule has 0 spiro atoms. The zero-order chi connectivity index (χ0) is 31.9. The number of hydroxylamine groups is 1. The number of nitrogens with zero attached hydrogens (tertiary/aromatic N) is 2. The molecule has 2 atom stereocenters. The fraction of sp³-hybridized carbons (Fsp3) is 0.464. The molecule has 1 heterocycles. The van der Waals surface area contributed by atoms with E-state index in [0.29, 0.717) is 16.1 Å². The van der Waals surface area contributed by atoms with E-state index >= 15 is 0 Å². The van der Waals surface area contributed by atoms with Crippen LogP contribution in [0, 0.1) is 0 Å². The summed E-state index contributed by atoms with van der Waals surface area (Å²) < 4.78 is 44.9. The van der Waals surface area contributed by atoms with Gasteiger partial charge in [-0.15, -0.1) is 0 Å². The molecule has 1 radical (unpaired) electrons. The molecule has 43 heavy (non-hydrogen) atoms. The minimum absolute atomic E-state index is 0.0616. The van der Waals surface area contributed by atoms with Crippen molar-refractivity contribution in [1.29, 1.82) is 0 Å². The first-order valence-electron chi connectivity index (χ1n) is 13.8. The lowest BCUT2D eigenvalue weighted by molar-refractivity contribution is -0.137. The molecule has 2 aromatic rings. The van der Waals surface area contributed by atoms with E-state index < -0.39 is 41.2 Å². The Labute approximate surface area is 248 Å². The normalized spacial score (nSPS) is 15.2. The molecule has 0 unspecified atom stereocenters. The number of hydrogen-bond donors (Lipinski definition) is 5. The van der Waals surface area contributed by atoms with Crippen LogP contribution in [0.5, 0.6) is 0 Å². The van der Waals surface area contributed by atoms with Crippen molar-refractivity contribution in [1.82, 2.24) is 10.2 Å². The van der Waals surface area contributed by atoms with Crippen molar-refractivity contribution in [2.24, 2.45) is 17.2 Å². The molecule has 8 N–H and O–H groups in total. The largest absolute Gasteiger partial charge is 0.425 e. The number of fused-ring (bicyclic) bond motifs is 1. The summed E-state index contributed by atoms with van der Waals surface area (Å²) >= 11 is 0. The Morgan fingerprint density at radius 3 is 2.28 bits per heavy atom. The first kappa shape index (κ1) is 34.0. The molecule has 1 aliphatic heterocycles. The Balaban J connectivity index is 1.81. The zero-order valence-electron chi connectivity index (χ0n) is 24.1. The summed E-state index contributed by atoms with van der Waals surface area (Å²) in [6, 6.07) is 6.36. The Kier molecular flexibility index (Phi) is 11.3. The third-order valence-corrected chi connectivity index (χ3v) is 7.13. The summed E-state index contributed by atoms with van der Waals surface area (Å²) in [5.74, 6) is -2.04. The van der Waals surface area contributed by atoms with Gasteiger partial charge in [0.25, 0.3) is 5.91 Å². The highest BCUT2D eigenvalue weighted by molar-refractivity contribution is 6.52. The fourth-order valence-electron chi connectivity index (χ4n) is 4.71. The molecule has 1 aliphatic rings. The summed E-state index contributed by atoms with van der Waals surface area (Å²) in [5.41, 5.74) is 17.1. The van der Waals surface area contributed by atoms with Gasteiger partial charge in [-0.25, -0.2) is 0 Å². The van der Waals surface area contributed by atoms with E-state index in [9.17, 15) is 32.8 Å². The highest BCUT2D eigenvalue weighted by Crippen LogP contribution is 2.31. The maximum atomic E-state index is 13.6. The lowest BCUT2D eigenvalue weighted by atomic mass is 9.83. The second kappa shape index (κ2) is 14.3. The van der Waals surface area contributed by atoms with Crippen LogP contribution in [0.1, 0.15) is 43.4 Å². The van der Waals surface area contributed by atoms with Gasteiger partial charge < -0.3 is 32.1 Å². The van der Waals surface area contributed by atoms with Crippen LogP contribution in [0.2, 0.25) is 0 Å². The Bertz CT molecular complexity index is 1290. The predicted octanol–water partition coefficient (Wildman–Crippen LogP) is 0.518. The molecule has 0 fully saturated rings. The molecule has 15 heteroatoms. The number of halogens is 3. The molecule has 2 aromatic carbocycles. The maximum Gasteiger partial charge on any atom is 0.416 e. The Hall–Kier alpha value is -3.50. The highest BCUT2D eigenvalue weighted by atomic mass is 19.4. The van der Waals surface area contributed by atoms with E-state index in [0.717, 1.165) is 12.1 Å². The summed E-state index contributed by atoms with van der Waals surface area (Å²) in [4.78, 5) is 40.7. The SMILES string of the molecule is CC1(C)O[B]c2c(N(O)C(=O)[C@@H](Cc3ccc(C(F)(F)F)cc3)NC(=O)[C@@H](N)CCC(=O)N(CCN)CCN)cccc21. The van der Waals surface area contributed by atoms with Crippen molar-refractivity contribution in [2.75, 3.05) is 31.2 Å². The number of benzene rings is 2. The predicted molar refractivity (Wildman–Crippen MR) is 154 cm³/mol. The van der Waals surface area contributed by atoms with Crippen LogP contribution in [0.4, 0.5) is 18.9 Å². The van der Waals surface area contributed by atoms with Crippen molar-refractivity contribution in [2.45, 2.75) is 57.0 Å².